The average molecular weight is 486 g/mol. The van der Waals surface area contributed by atoms with Crippen molar-refractivity contribution in [3.8, 4) is 0 Å². The van der Waals surface area contributed by atoms with Crippen LogP contribution >= 0.6 is 0 Å². The van der Waals surface area contributed by atoms with Gasteiger partial charge in [-0.15, -0.1) is 0 Å². The Morgan fingerprint density at radius 1 is 1.09 bits per heavy atom. The average Bonchev–Trinajstić information content (AvgIpc) is 3.23. The molecule has 2 aliphatic heterocycles. The van der Waals surface area contributed by atoms with Crippen LogP contribution in [0.1, 0.15) is 17.5 Å². The molecule has 34 heavy (non-hydrogen) atoms. The molecule has 2 saturated heterocycles. The number of hydrogen-bond acceptors (Lipinski definition) is 6. The van der Waals surface area contributed by atoms with E-state index in [0.717, 1.165) is 22.6 Å². The lowest BCUT2D eigenvalue weighted by molar-refractivity contribution is -0.126. The van der Waals surface area contributed by atoms with Gasteiger partial charge in [0.25, 0.3) is 0 Å². The fourth-order valence-electron chi connectivity index (χ4n) is 4.34. The first-order valence-electron chi connectivity index (χ1n) is 11.5. The largest absolute Gasteiger partial charge is 0.355 e. The van der Waals surface area contributed by atoms with Crippen LogP contribution < -0.4 is 15.1 Å². The van der Waals surface area contributed by atoms with Crippen molar-refractivity contribution in [1.82, 2.24) is 14.6 Å². The van der Waals surface area contributed by atoms with E-state index in [1.54, 1.807) is 11.1 Å². The number of nitrogens with one attached hydrogen (secondary N) is 1. The van der Waals surface area contributed by atoms with Gasteiger partial charge in [0.2, 0.25) is 21.8 Å². The van der Waals surface area contributed by atoms with Crippen molar-refractivity contribution in [3.63, 3.8) is 0 Å². The first kappa shape index (κ1) is 24.2. The minimum Gasteiger partial charge on any atom is -0.355 e. The number of carbonyl (C=O) groups excluding carboxylic acids is 2. The van der Waals surface area contributed by atoms with E-state index in [9.17, 15) is 18.0 Å². The van der Waals surface area contributed by atoms with Gasteiger partial charge in [-0.1, -0.05) is 12.1 Å². The Morgan fingerprint density at radius 2 is 1.85 bits per heavy atom. The second-order valence-electron chi connectivity index (χ2n) is 8.86. The van der Waals surface area contributed by atoms with Gasteiger partial charge in [0, 0.05) is 57.6 Å². The van der Waals surface area contributed by atoms with Crippen LogP contribution in [0.5, 0.6) is 0 Å². The second-order valence-corrected chi connectivity index (χ2v) is 10.9. The van der Waals surface area contributed by atoms with E-state index in [-0.39, 0.29) is 30.5 Å². The fraction of sp³-hybridized carbons (Fsp3) is 0.458. The number of sulfonamides is 1. The predicted molar refractivity (Wildman–Crippen MR) is 131 cm³/mol. The molecule has 1 atom stereocenters. The summed E-state index contributed by atoms with van der Waals surface area (Å²) in [6.07, 6.45) is 1.85. The molecule has 2 aromatic rings. The zero-order chi connectivity index (χ0) is 24.3. The van der Waals surface area contributed by atoms with E-state index in [4.69, 9.17) is 0 Å². The SMILES string of the molecule is Cc1ccc(N2CC(C(=O)NCCS(=O)(=O)N3CCN(c4ccccn4)CC3)CC2=O)cc1C. The maximum atomic E-state index is 12.8. The third kappa shape index (κ3) is 5.39. The van der Waals surface area contributed by atoms with Gasteiger partial charge in [-0.2, -0.15) is 4.31 Å². The normalized spacial score (nSPS) is 19.5. The minimum absolute atomic E-state index is 0.0238. The summed E-state index contributed by atoms with van der Waals surface area (Å²) in [5.74, 6) is -0.188. The van der Waals surface area contributed by atoms with Gasteiger partial charge in [0.15, 0.2) is 0 Å². The van der Waals surface area contributed by atoms with Gasteiger partial charge in [-0.3, -0.25) is 9.59 Å². The predicted octanol–water partition coefficient (Wildman–Crippen LogP) is 1.32. The molecule has 10 heteroatoms. The van der Waals surface area contributed by atoms with Crippen molar-refractivity contribution >= 4 is 33.3 Å². The molecule has 2 amide bonds. The third-order valence-corrected chi connectivity index (χ3v) is 8.43. The van der Waals surface area contributed by atoms with Crippen molar-refractivity contribution in [2.45, 2.75) is 20.3 Å². The number of rotatable bonds is 7. The van der Waals surface area contributed by atoms with Gasteiger partial charge in [0.1, 0.15) is 5.82 Å². The minimum atomic E-state index is -3.49. The first-order chi connectivity index (χ1) is 16.2. The number of piperazine rings is 1. The maximum Gasteiger partial charge on any atom is 0.227 e. The summed E-state index contributed by atoms with van der Waals surface area (Å²) in [4.78, 5) is 33.1. The molecule has 1 unspecified atom stereocenters. The van der Waals surface area contributed by atoms with E-state index in [0.29, 0.717) is 32.7 Å². The van der Waals surface area contributed by atoms with Crippen LogP contribution in [0, 0.1) is 19.8 Å². The summed E-state index contributed by atoms with van der Waals surface area (Å²) in [6.45, 7) is 6.23. The maximum absolute atomic E-state index is 12.8. The van der Waals surface area contributed by atoms with E-state index < -0.39 is 15.9 Å². The van der Waals surface area contributed by atoms with Crippen LogP contribution in [0.25, 0.3) is 0 Å². The summed E-state index contributed by atoms with van der Waals surface area (Å²) < 4.78 is 27.0. The highest BCUT2D eigenvalue weighted by Gasteiger charge is 2.35. The van der Waals surface area contributed by atoms with E-state index >= 15 is 0 Å². The quantitative estimate of drug-likeness (QED) is 0.635. The number of aromatic nitrogens is 1. The summed E-state index contributed by atoms with van der Waals surface area (Å²) in [6, 6.07) is 11.5. The molecule has 0 saturated carbocycles. The van der Waals surface area contributed by atoms with Gasteiger partial charge < -0.3 is 15.1 Å². The summed E-state index contributed by atoms with van der Waals surface area (Å²) in [7, 11) is -3.49. The number of amides is 2. The van der Waals surface area contributed by atoms with Crippen LogP contribution in [-0.4, -0.2) is 74.5 Å². The molecule has 1 aromatic heterocycles. The van der Waals surface area contributed by atoms with Gasteiger partial charge >= 0.3 is 0 Å². The molecular weight excluding hydrogens is 454 g/mol. The second kappa shape index (κ2) is 10.1. The molecule has 2 fully saturated rings. The number of anilines is 2. The van der Waals surface area contributed by atoms with Crippen LogP contribution in [0.15, 0.2) is 42.6 Å². The van der Waals surface area contributed by atoms with E-state index in [1.165, 1.54) is 4.31 Å². The monoisotopic (exact) mass is 485 g/mol. The Balaban J connectivity index is 1.25. The molecule has 3 heterocycles. The topological polar surface area (TPSA) is 103 Å². The lowest BCUT2D eigenvalue weighted by Crippen LogP contribution is -2.50. The molecule has 0 aliphatic carbocycles. The van der Waals surface area contributed by atoms with Crippen molar-refractivity contribution in [2.75, 3.05) is 54.8 Å². The molecular formula is C24H31N5O4S. The highest BCUT2D eigenvalue weighted by molar-refractivity contribution is 7.89. The fourth-order valence-corrected chi connectivity index (χ4v) is 5.68. The Morgan fingerprint density at radius 3 is 2.53 bits per heavy atom. The van der Waals surface area contributed by atoms with E-state index in [1.807, 2.05) is 50.2 Å². The van der Waals surface area contributed by atoms with Crippen LogP contribution in [0.3, 0.4) is 0 Å². The highest BCUT2D eigenvalue weighted by atomic mass is 32.2. The number of aryl methyl sites for hydroxylation is 2. The van der Waals surface area contributed by atoms with Crippen molar-refractivity contribution < 1.29 is 18.0 Å². The summed E-state index contributed by atoms with van der Waals surface area (Å²) >= 11 is 0. The number of benzene rings is 1. The van der Waals surface area contributed by atoms with Crippen molar-refractivity contribution in [2.24, 2.45) is 5.92 Å². The van der Waals surface area contributed by atoms with E-state index in [2.05, 4.69) is 15.2 Å². The third-order valence-electron chi connectivity index (χ3n) is 6.56. The zero-order valence-corrected chi connectivity index (χ0v) is 20.4. The molecule has 2 aliphatic rings. The Labute approximate surface area is 200 Å². The van der Waals surface area contributed by atoms with Gasteiger partial charge in [-0.05, 0) is 49.2 Å². The molecule has 0 radical (unpaired) electrons. The first-order valence-corrected chi connectivity index (χ1v) is 13.1. The Bertz CT molecular complexity index is 1150. The molecule has 182 valence electrons. The Hall–Kier alpha value is -2.98. The summed E-state index contributed by atoms with van der Waals surface area (Å²) in [5.41, 5.74) is 3.02. The molecule has 1 N–H and O–H groups in total. The molecule has 0 spiro atoms. The van der Waals surface area contributed by atoms with Crippen molar-refractivity contribution in [3.05, 3.63) is 53.7 Å². The molecule has 4 rings (SSSR count). The molecule has 0 bridgehead atoms. The Kier molecular flexibility index (Phi) is 7.18. The molecule has 1 aromatic carbocycles. The lowest BCUT2D eigenvalue weighted by Gasteiger charge is -2.34. The number of pyridine rings is 1. The van der Waals surface area contributed by atoms with Gasteiger partial charge in [-0.25, -0.2) is 13.4 Å². The number of hydrogen-bond donors (Lipinski definition) is 1. The van der Waals surface area contributed by atoms with Crippen molar-refractivity contribution in [1.29, 1.82) is 0 Å². The van der Waals surface area contributed by atoms with Gasteiger partial charge in [0.05, 0.1) is 11.7 Å². The zero-order valence-electron chi connectivity index (χ0n) is 19.6. The molecule has 9 nitrogen and oxygen atoms in total. The van der Waals surface area contributed by atoms with Crippen LogP contribution in [-0.2, 0) is 19.6 Å². The standard InChI is InChI=1S/C24H31N5O4S/c1-18-6-7-21(15-19(18)2)29-17-20(16-23(29)30)24(31)26-9-14-34(32,33)28-12-10-27(11-13-28)22-5-3-4-8-25-22/h3-8,15,20H,9-14,16-17H2,1-2H3,(H,26,31). The summed E-state index contributed by atoms with van der Waals surface area (Å²) in [5, 5.41) is 2.72. The smallest absolute Gasteiger partial charge is 0.227 e. The number of nitrogens with zero attached hydrogens (tertiary/aromatic N) is 4. The lowest BCUT2D eigenvalue weighted by atomic mass is 10.1. The highest BCUT2D eigenvalue weighted by Crippen LogP contribution is 2.27. The van der Waals surface area contributed by atoms with Crippen LogP contribution in [0.4, 0.5) is 11.5 Å². The van der Waals surface area contributed by atoms with Crippen LogP contribution in [0.2, 0.25) is 0 Å². The number of carbonyl (C=O) groups is 2.